The normalized spacial score (nSPS) is 12.3. The molecule has 0 heterocycles. The van der Waals surface area contributed by atoms with Crippen molar-refractivity contribution in [1.29, 1.82) is 0 Å². The Kier molecular flexibility index (Phi) is 30.5. The number of carboxylic acid groups (broad SMARTS) is 2. The number of aliphatic hydroxyl groups excluding tert-OH is 1. The minimum absolute atomic E-state index is 0.357. The predicted molar refractivity (Wildman–Crippen MR) is 133 cm³/mol. The van der Waals surface area contributed by atoms with E-state index in [-0.39, 0.29) is 0 Å². The summed E-state index contributed by atoms with van der Waals surface area (Å²) in [7, 11) is 0. The Morgan fingerprint density at radius 3 is 1.52 bits per heavy atom. The summed E-state index contributed by atoms with van der Waals surface area (Å²) in [6, 6.07) is -1.37. The third-order valence-electron chi connectivity index (χ3n) is 4.50. The molecule has 0 aliphatic rings. The van der Waals surface area contributed by atoms with Crippen LogP contribution in [0.1, 0.15) is 97.8 Å². The van der Waals surface area contributed by atoms with Crippen LogP contribution in [0.15, 0.2) is 0 Å². The second kappa shape index (κ2) is 27.2. The topological polar surface area (TPSA) is 147 Å². The number of nitrogens with two attached hydrogens (primary N) is 2. The van der Waals surface area contributed by atoms with Crippen LogP contribution < -0.4 is 11.5 Å². The van der Waals surface area contributed by atoms with Gasteiger partial charge in [0.15, 0.2) is 0 Å². The fraction of sp³-hybridized carbons (Fsp3) is 0.913. The first-order valence-corrected chi connectivity index (χ1v) is 13.1. The lowest BCUT2D eigenvalue weighted by molar-refractivity contribution is -0.139. The van der Waals surface area contributed by atoms with E-state index in [0.717, 1.165) is 12.2 Å². The third-order valence-corrected chi connectivity index (χ3v) is 5.15. The fourth-order valence-electron chi connectivity index (χ4n) is 2.58. The number of hydrogen-bond acceptors (Lipinski definition) is 6. The minimum Gasteiger partial charge on any atom is -0.480 e. The smallest absolute Gasteiger partial charge is 0.320 e. The summed E-state index contributed by atoms with van der Waals surface area (Å²) in [5.41, 5.74) is 10.4. The lowest BCUT2D eigenvalue weighted by atomic mass is 10.1. The lowest BCUT2D eigenvalue weighted by Gasteiger charge is -2.07. The van der Waals surface area contributed by atoms with Gasteiger partial charge in [-0.05, 0) is 37.2 Å². The molecule has 188 valence electrons. The maximum absolute atomic E-state index is 10.1. The van der Waals surface area contributed by atoms with Gasteiger partial charge in [-0.25, -0.2) is 0 Å². The molecule has 7 N–H and O–H groups in total. The van der Waals surface area contributed by atoms with E-state index in [1.165, 1.54) is 57.8 Å². The van der Waals surface area contributed by atoms with Gasteiger partial charge in [-0.2, -0.15) is 11.8 Å². The minimum atomic E-state index is -0.913. The molecule has 0 aliphatic carbocycles. The van der Waals surface area contributed by atoms with Crippen molar-refractivity contribution in [1.82, 2.24) is 0 Å². The summed E-state index contributed by atoms with van der Waals surface area (Å²) in [6.45, 7) is 6.52. The van der Waals surface area contributed by atoms with Crippen LogP contribution in [-0.2, 0) is 9.59 Å². The zero-order valence-corrected chi connectivity index (χ0v) is 21.2. The number of aliphatic hydroxyl groups is 1. The van der Waals surface area contributed by atoms with E-state index in [1.807, 2.05) is 20.1 Å². The van der Waals surface area contributed by atoms with Gasteiger partial charge in [0.2, 0.25) is 0 Å². The van der Waals surface area contributed by atoms with E-state index in [4.69, 9.17) is 26.8 Å². The Balaban J connectivity index is -0.000000390. The molecule has 0 spiro atoms. The van der Waals surface area contributed by atoms with Crippen molar-refractivity contribution in [2.45, 2.75) is 110 Å². The zero-order chi connectivity index (χ0) is 24.5. The first-order valence-electron chi connectivity index (χ1n) is 11.7. The van der Waals surface area contributed by atoms with Gasteiger partial charge in [-0.15, -0.1) is 0 Å². The molecule has 8 heteroatoms. The highest BCUT2D eigenvalue weighted by Crippen LogP contribution is 2.10. The van der Waals surface area contributed by atoms with Crippen molar-refractivity contribution < 1.29 is 24.9 Å². The number of aliphatic carboxylic acids is 2. The number of carboxylic acids is 2. The Morgan fingerprint density at radius 2 is 1.23 bits per heavy atom. The Hall–Kier alpha value is -0.830. The molecule has 2 unspecified atom stereocenters. The maximum atomic E-state index is 10.1. The van der Waals surface area contributed by atoms with Crippen molar-refractivity contribution in [2.24, 2.45) is 17.4 Å². The van der Waals surface area contributed by atoms with Crippen LogP contribution in [0.2, 0.25) is 0 Å². The zero-order valence-electron chi connectivity index (χ0n) is 20.4. The van der Waals surface area contributed by atoms with Crippen LogP contribution in [-0.4, -0.2) is 58.0 Å². The van der Waals surface area contributed by atoms with Crippen LogP contribution in [0.3, 0.4) is 0 Å². The predicted octanol–water partition coefficient (Wildman–Crippen LogP) is 4.50. The number of unbranched alkanes of at least 4 members (excludes halogenated alkanes) is 9. The van der Waals surface area contributed by atoms with E-state index >= 15 is 0 Å². The van der Waals surface area contributed by atoms with E-state index < -0.39 is 24.0 Å². The first kappa shape index (κ1) is 34.8. The number of carbonyl (C=O) groups is 2. The highest BCUT2D eigenvalue weighted by molar-refractivity contribution is 7.98. The molecule has 0 aromatic rings. The molecular weight excluding hydrogens is 416 g/mol. The Labute approximate surface area is 194 Å². The first-order chi connectivity index (χ1) is 14.6. The molecule has 0 rings (SSSR count). The van der Waals surface area contributed by atoms with Gasteiger partial charge in [0, 0.05) is 6.61 Å². The molecule has 0 saturated heterocycles. The summed E-state index contributed by atoms with van der Waals surface area (Å²) >= 11 is 1.60. The average Bonchev–Trinajstić information content (AvgIpc) is 2.71. The lowest BCUT2D eigenvalue weighted by Crippen LogP contribution is -2.31. The van der Waals surface area contributed by atoms with E-state index in [1.54, 1.807) is 11.8 Å². The SMILES string of the molecule is CC(C)CC(N)C(=O)O.CCCCCCCCCCCCO.CSCCC(N)C(=O)O. The second-order valence-corrected chi connectivity index (χ2v) is 9.19. The van der Waals surface area contributed by atoms with Gasteiger partial charge in [0.25, 0.3) is 0 Å². The van der Waals surface area contributed by atoms with Gasteiger partial charge in [-0.3, -0.25) is 9.59 Å². The van der Waals surface area contributed by atoms with Crippen LogP contribution in [0.5, 0.6) is 0 Å². The van der Waals surface area contributed by atoms with Gasteiger partial charge >= 0.3 is 11.9 Å². The van der Waals surface area contributed by atoms with Crippen molar-refractivity contribution >= 4 is 23.7 Å². The molecule has 0 aliphatic heterocycles. The highest BCUT2D eigenvalue weighted by atomic mass is 32.2. The fourth-order valence-corrected chi connectivity index (χ4v) is 3.07. The maximum Gasteiger partial charge on any atom is 0.320 e. The molecule has 0 radical (unpaired) electrons. The summed E-state index contributed by atoms with van der Waals surface area (Å²) in [5.74, 6) is -0.656. The Bertz CT molecular complexity index is 388. The van der Waals surface area contributed by atoms with Crippen molar-refractivity contribution in [2.75, 3.05) is 18.6 Å². The summed E-state index contributed by atoms with van der Waals surface area (Å²) in [5, 5.41) is 25.1. The van der Waals surface area contributed by atoms with E-state index in [9.17, 15) is 9.59 Å². The molecule has 7 nitrogen and oxygen atoms in total. The number of hydrogen-bond donors (Lipinski definition) is 5. The van der Waals surface area contributed by atoms with E-state index in [0.29, 0.717) is 25.4 Å². The molecule has 0 aromatic heterocycles. The molecule has 0 saturated carbocycles. The van der Waals surface area contributed by atoms with Crippen LogP contribution in [0.4, 0.5) is 0 Å². The van der Waals surface area contributed by atoms with Crippen molar-refractivity contribution in [3.63, 3.8) is 0 Å². The van der Waals surface area contributed by atoms with Crippen LogP contribution >= 0.6 is 11.8 Å². The quantitative estimate of drug-likeness (QED) is 0.197. The van der Waals surface area contributed by atoms with Crippen molar-refractivity contribution in [3.8, 4) is 0 Å². The Morgan fingerprint density at radius 1 is 0.806 bits per heavy atom. The molecule has 0 bridgehead atoms. The number of rotatable bonds is 17. The summed E-state index contributed by atoms with van der Waals surface area (Å²) < 4.78 is 0. The van der Waals surface area contributed by atoms with Gasteiger partial charge in [-0.1, -0.05) is 78.6 Å². The molecule has 2 atom stereocenters. The van der Waals surface area contributed by atoms with E-state index in [2.05, 4.69) is 6.92 Å². The molecule has 31 heavy (non-hydrogen) atoms. The van der Waals surface area contributed by atoms with Crippen LogP contribution in [0.25, 0.3) is 0 Å². The highest BCUT2D eigenvalue weighted by Gasteiger charge is 2.12. The average molecular weight is 467 g/mol. The second-order valence-electron chi connectivity index (χ2n) is 8.21. The largest absolute Gasteiger partial charge is 0.480 e. The van der Waals surface area contributed by atoms with Crippen LogP contribution in [0, 0.1) is 5.92 Å². The monoisotopic (exact) mass is 466 g/mol. The molecule has 0 aromatic carbocycles. The standard InChI is InChI=1S/C12H26O.C6H13NO2.C5H11NO2S/c1-2-3-4-5-6-7-8-9-10-11-12-13;1-4(2)3-5(7)6(8)9;1-9-3-2-4(6)5(7)8/h13H,2-12H2,1H3;4-5H,3,7H2,1-2H3,(H,8,9);4H,2-3,6H2,1H3,(H,7,8). The molecule has 0 amide bonds. The van der Waals surface area contributed by atoms with Crippen molar-refractivity contribution in [3.05, 3.63) is 0 Å². The third kappa shape index (κ3) is 34.0. The van der Waals surface area contributed by atoms with Gasteiger partial charge < -0.3 is 26.8 Å². The summed E-state index contributed by atoms with van der Waals surface area (Å²) in [4.78, 5) is 20.2. The molecule has 0 fully saturated rings. The number of thioether (sulfide) groups is 1. The molecular formula is C23H50N2O5S. The van der Waals surface area contributed by atoms with Gasteiger partial charge in [0.1, 0.15) is 12.1 Å². The van der Waals surface area contributed by atoms with Gasteiger partial charge in [0.05, 0.1) is 0 Å². The summed E-state index contributed by atoms with van der Waals surface area (Å²) in [6.07, 6.45) is 16.3.